The Morgan fingerprint density at radius 3 is 2.72 bits per heavy atom. The van der Waals surface area contributed by atoms with Gasteiger partial charge in [0, 0.05) is 6.54 Å². The van der Waals surface area contributed by atoms with Gasteiger partial charge in [-0.05, 0) is 35.9 Å². The first-order valence-electron chi connectivity index (χ1n) is 5.40. The zero-order chi connectivity index (χ0) is 13.0. The molecule has 2 rings (SSSR count). The molecular formula is C14H11ClN2O. The lowest BCUT2D eigenvalue weighted by atomic mass is 10.2. The van der Waals surface area contributed by atoms with E-state index in [2.05, 4.69) is 5.32 Å². The molecule has 0 saturated carbocycles. The third kappa shape index (κ3) is 2.93. The second kappa shape index (κ2) is 5.44. The van der Waals surface area contributed by atoms with Crippen molar-refractivity contribution in [3.05, 3.63) is 58.6 Å². The Kier molecular flexibility index (Phi) is 3.71. The van der Waals surface area contributed by atoms with Gasteiger partial charge < -0.3 is 10.4 Å². The summed E-state index contributed by atoms with van der Waals surface area (Å²) in [4.78, 5) is 0. The normalized spacial score (nSPS) is 9.78. The van der Waals surface area contributed by atoms with E-state index in [1.54, 1.807) is 36.4 Å². The molecule has 3 nitrogen and oxygen atoms in total. The van der Waals surface area contributed by atoms with E-state index < -0.39 is 0 Å². The number of nitriles is 1. The van der Waals surface area contributed by atoms with E-state index in [1.165, 1.54) is 0 Å². The zero-order valence-electron chi connectivity index (χ0n) is 9.52. The van der Waals surface area contributed by atoms with Crippen LogP contribution in [0.5, 0.6) is 5.75 Å². The van der Waals surface area contributed by atoms with Crippen LogP contribution in [0.1, 0.15) is 11.1 Å². The highest BCUT2D eigenvalue weighted by Gasteiger charge is 2.02. The van der Waals surface area contributed by atoms with E-state index in [1.807, 2.05) is 12.1 Å². The second-order valence-corrected chi connectivity index (χ2v) is 4.24. The maximum absolute atomic E-state index is 9.34. The minimum atomic E-state index is 0.236. The van der Waals surface area contributed by atoms with E-state index in [-0.39, 0.29) is 5.75 Å². The number of nitrogens with zero attached hydrogens (tertiary/aromatic N) is 1. The molecule has 0 bridgehead atoms. The molecule has 2 aromatic rings. The number of anilines is 1. The molecule has 0 spiro atoms. The van der Waals surface area contributed by atoms with Gasteiger partial charge in [0.15, 0.2) is 0 Å². The van der Waals surface area contributed by atoms with Crippen LogP contribution in [0.15, 0.2) is 42.5 Å². The monoisotopic (exact) mass is 258 g/mol. The lowest BCUT2D eigenvalue weighted by molar-refractivity contribution is 0.474. The molecule has 0 aliphatic carbocycles. The zero-order valence-corrected chi connectivity index (χ0v) is 10.3. The second-order valence-electron chi connectivity index (χ2n) is 3.83. The van der Waals surface area contributed by atoms with Gasteiger partial charge in [-0.3, -0.25) is 0 Å². The fraction of sp³-hybridized carbons (Fsp3) is 0.0714. The molecule has 0 saturated heterocycles. The van der Waals surface area contributed by atoms with Crippen LogP contribution in [-0.2, 0) is 6.54 Å². The van der Waals surface area contributed by atoms with Gasteiger partial charge in [0.1, 0.15) is 5.75 Å². The van der Waals surface area contributed by atoms with Gasteiger partial charge in [-0.15, -0.1) is 0 Å². The van der Waals surface area contributed by atoms with Crippen molar-refractivity contribution in [1.29, 1.82) is 5.26 Å². The molecule has 0 aromatic heterocycles. The van der Waals surface area contributed by atoms with Crippen molar-refractivity contribution in [3.8, 4) is 11.8 Å². The topological polar surface area (TPSA) is 56.0 Å². The number of halogens is 1. The first-order valence-corrected chi connectivity index (χ1v) is 5.78. The Hall–Kier alpha value is -2.18. The van der Waals surface area contributed by atoms with Gasteiger partial charge in [-0.1, -0.05) is 23.7 Å². The van der Waals surface area contributed by atoms with Crippen molar-refractivity contribution in [1.82, 2.24) is 0 Å². The molecule has 0 fully saturated rings. The Labute approximate surface area is 110 Å². The lowest BCUT2D eigenvalue weighted by Gasteiger charge is -2.08. The summed E-state index contributed by atoms with van der Waals surface area (Å²) >= 11 is 6.04. The number of rotatable bonds is 3. The third-order valence-corrected chi connectivity index (χ3v) is 2.80. The molecule has 0 atom stereocenters. The molecule has 18 heavy (non-hydrogen) atoms. The Bertz CT molecular complexity index is 605. The maximum Gasteiger partial charge on any atom is 0.115 e. The van der Waals surface area contributed by atoms with Crippen molar-refractivity contribution in [2.75, 3.05) is 5.32 Å². The molecule has 2 N–H and O–H groups in total. The highest BCUT2D eigenvalue weighted by atomic mass is 35.5. The van der Waals surface area contributed by atoms with Gasteiger partial charge in [0.05, 0.1) is 22.3 Å². The highest BCUT2D eigenvalue weighted by molar-refractivity contribution is 6.33. The van der Waals surface area contributed by atoms with Gasteiger partial charge >= 0.3 is 0 Å². The summed E-state index contributed by atoms with van der Waals surface area (Å²) in [6.45, 7) is 0.556. The summed E-state index contributed by atoms with van der Waals surface area (Å²) in [6.07, 6.45) is 0. The molecule has 90 valence electrons. The minimum absolute atomic E-state index is 0.236. The average molecular weight is 259 g/mol. The van der Waals surface area contributed by atoms with E-state index in [0.29, 0.717) is 17.1 Å². The standard InChI is InChI=1S/C14H11ClN2O/c15-13-7-10(8-16)4-5-14(13)17-9-11-2-1-3-12(18)6-11/h1-7,17-18H,9H2. The summed E-state index contributed by atoms with van der Waals surface area (Å²) in [6, 6.07) is 14.1. The van der Waals surface area contributed by atoms with Crippen LogP contribution in [0.4, 0.5) is 5.69 Å². The van der Waals surface area contributed by atoms with Gasteiger partial charge in [0.2, 0.25) is 0 Å². The smallest absolute Gasteiger partial charge is 0.115 e. The SMILES string of the molecule is N#Cc1ccc(NCc2cccc(O)c2)c(Cl)c1. The first kappa shape index (κ1) is 12.3. The molecule has 0 radical (unpaired) electrons. The molecule has 0 heterocycles. The van der Waals surface area contributed by atoms with Crippen LogP contribution in [0, 0.1) is 11.3 Å². The summed E-state index contributed by atoms with van der Waals surface area (Å²) in [5.74, 6) is 0.236. The van der Waals surface area contributed by atoms with E-state index >= 15 is 0 Å². The molecule has 2 aromatic carbocycles. The largest absolute Gasteiger partial charge is 0.508 e. The molecular weight excluding hydrogens is 248 g/mol. The Morgan fingerprint density at radius 2 is 2.06 bits per heavy atom. The van der Waals surface area contributed by atoms with E-state index in [0.717, 1.165) is 11.3 Å². The van der Waals surface area contributed by atoms with Crippen LogP contribution in [0.25, 0.3) is 0 Å². The number of phenols is 1. The minimum Gasteiger partial charge on any atom is -0.508 e. The van der Waals surface area contributed by atoms with Crippen LogP contribution in [0.3, 0.4) is 0 Å². The summed E-state index contributed by atoms with van der Waals surface area (Å²) in [7, 11) is 0. The number of phenolic OH excluding ortho intramolecular Hbond substituents is 1. The predicted molar refractivity (Wildman–Crippen MR) is 71.6 cm³/mol. The predicted octanol–water partition coefficient (Wildman–Crippen LogP) is 3.53. The van der Waals surface area contributed by atoms with Gasteiger partial charge in [-0.25, -0.2) is 0 Å². The van der Waals surface area contributed by atoms with Crippen molar-refractivity contribution in [2.24, 2.45) is 0 Å². The number of aromatic hydroxyl groups is 1. The Balaban J connectivity index is 2.09. The molecule has 4 heteroatoms. The third-order valence-electron chi connectivity index (χ3n) is 2.49. The first-order chi connectivity index (χ1) is 8.69. The fourth-order valence-corrected chi connectivity index (χ4v) is 1.84. The van der Waals surface area contributed by atoms with Gasteiger partial charge in [0.25, 0.3) is 0 Å². The number of hydrogen-bond donors (Lipinski definition) is 2. The quantitative estimate of drug-likeness (QED) is 0.886. The highest BCUT2D eigenvalue weighted by Crippen LogP contribution is 2.23. The van der Waals surface area contributed by atoms with Crippen molar-refractivity contribution >= 4 is 17.3 Å². The van der Waals surface area contributed by atoms with Crippen molar-refractivity contribution in [2.45, 2.75) is 6.54 Å². The maximum atomic E-state index is 9.34. The molecule has 0 aliphatic heterocycles. The Morgan fingerprint density at radius 1 is 1.22 bits per heavy atom. The summed E-state index contributed by atoms with van der Waals surface area (Å²) < 4.78 is 0. The van der Waals surface area contributed by atoms with Crippen LogP contribution in [-0.4, -0.2) is 5.11 Å². The van der Waals surface area contributed by atoms with Crippen molar-refractivity contribution < 1.29 is 5.11 Å². The number of hydrogen-bond acceptors (Lipinski definition) is 3. The summed E-state index contributed by atoms with van der Waals surface area (Å²) in [5, 5.41) is 21.7. The molecule has 0 amide bonds. The van der Waals surface area contributed by atoms with Crippen molar-refractivity contribution in [3.63, 3.8) is 0 Å². The van der Waals surface area contributed by atoms with E-state index in [4.69, 9.17) is 16.9 Å². The number of nitrogens with one attached hydrogen (secondary N) is 1. The number of benzene rings is 2. The van der Waals surface area contributed by atoms with Crippen LogP contribution in [0.2, 0.25) is 5.02 Å². The molecule has 0 unspecified atom stereocenters. The average Bonchev–Trinajstić information content (AvgIpc) is 2.37. The lowest BCUT2D eigenvalue weighted by Crippen LogP contribution is -1.99. The summed E-state index contributed by atoms with van der Waals surface area (Å²) in [5.41, 5.74) is 2.25. The van der Waals surface area contributed by atoms with E-state index in [9.17, 15) is 5.11 Å². The van der Waals surface area contributed by atoms with Gasteiger partial charge in [-0.2, -0.15) is 5.26 Å². The van der Waals surface area contributed by atoms with Crippen LogP contribution < -0.4 is 5.32 Å². The fourth-order valence-electron chi connectivity index (χ4n) is 1.59. The van der Waals surface area contributed by atoms with Crippen LogP contribution >= 0.6 is 11.6 Å². The molecule has 0 aliphatic rings.